The Labute approximate surface area is 198 Å². The van der Waals surface area contributed by atoms with Crippen LogP contribution in [0.4, 0.5) is 14.7 Å². The van der Waals surface area contributed by atoms with E-state index in [1.807, 2.05) is 40.5 Å². The molecule has 3 aromatic heterocycles. The van der Waals surface area contributed by atoms with E-state index in [0.29, 0.717) is 36.3 Å². The van der Waals surface area contributed by atoms with Crippen LogP contribution in [0.5, 0.6) is 0 Å². The lowest BCUT2D eigenvalue weighted by atomic mass is 10.1. The number of anilines is 1. The van der Waals surface area contributed by atoms with Crippen molar-refractivity contribution in [1.29, 1.82) is 0 Å². The molecular weight excluding hydrogens is 454 g/mol. The SMILES string of the molecule is C[C@@H]1CN(c2nc3ccccc3c3nnc(-c4ccco4)n23)CCN1C(=O)c1c(F)cccc1F. The second-order valence-corrected chi connectivity index (χ2v) is 8.48. The van der Waals surface area contributed by atoms with Crippen LogP contribution in [-0.2, 0) is 0 Å². The number of aromatic nitrogens is 4. The quantitative estimate of drug-likeness (QED) is 0.391. The van der Waals surface area contributed by atoms with E-state index in [-0.39, 0.29) is 12.6 Å². The van der Waals surface area contributed by atoms with Crippen LogP contribution >= 0.6 is 0 Å². The molecule has 1 aliphatic heterocycles. The van der Waals surface area contributed by atoms with E-state index in [2.05, 4.69) is 10.2 Å². The normalized spacial score (nSPS) is 16.4. The molecule has 1 saturated heterocycles. The number of fused-ring (bicyclic) bond motifs is 3. The lowest BCUT2D eigenvalue weighted by molar-refractivity contribution is 0.0663. The number of halogens is 2. The summed E-state index contributed by atoms with van der Waals surface area (Å²) in [7, 11) is 0. The molecule has 0 bridgehead atoms. The number of carbonyl (C=O) groups excluding carboxylic acids is 1. The predicted octanol–water partition coefficient (Wildman–Crippen LogP) is 4.17. The van der Waals surface area contributed by atoms with Gasteiger partial charge in [-0.15, -0.1) is 10.2 Å². The van der Waals surface area contributed by atoms with Crippen molar-refractivity contribution in [2.45, 2.75) is 13.0 Å². The van der Waals surface area contributed by atoms with Crippen molar-refractivity contribution in [1.82, 2.24) is 24.5 Å². The number of para-hydroxylation sites is 1. The summed E-state index contributed by atoms with van der Waals surface area (Å²) in [6.45, 7) is 2.92. The van der Waals surface area contributed by atoms with Crippen LogP contribution < -0.4 is 4.90 Å². The monoisotopic (exact) mass is 474 g/mol. The molecule has 1 fully saturated rings. The van der Waals surface area contributed by atoms with E-state index in [9.17, 15) is 13.6 Å². The highest BCUT2D eigenvalue weighted by molar-refractivity contribution is 5.95. The van der Waals surface area contributed by atoms with Gasteiger partial charge in [0.2, 0.25) is 11.8 Å². The van der Waals surface area contributed by atoms with Gasteiger partial charge in [0.15, 0.2) is 11.4 Å². The average molecular weight is 474 g/mol. The summed E-state index contributed by atoms with van der Waals surface area (Å²) in [5.41, 5.74) is 0.863. The van der Waals surface area contributed by atoms with Gasteiger partial charge in [-0.05, 0) is 43.3 Å². The Kier molecular flexibility index (Phi) is 4.94. The molecule has 1 atom stereocenters. The minimum atomic E-state index is -0.866. The second-order valence-electron chi connectivity index (χ2n) is 8.48. The highest BCUT2D eigenvalue weighted by atomic mass is 19.1. The third kappa shape index (κ3) is 3.40. The van der Waals surface area contributed by atoms with Gasteiger partial charge in [-0.1, -0.05) is 18.2 Å². The van der Waals surface area contributed by atoms with Gasteiger partial charge in [-0.2, -0.15) is 0 Å². The molecule has 0 radical (unpaired) electrons. The van der Waals surface area contributed by atoms with Gasteiger partial charge in [0.05, 0.1) is 11.8 Å². The van der Waals surface area contributed by atoms with Gasteiger partial charge in [0, 0.05) is 31.1 Å². The number of nitrogens with zero attached hydrogens (tertiary/aromatic N) is 6. The van der Waals surface area contributed by atoms with Crippen LogP contribution in [0.2, 0.25) is 0 Å². The van der Waals surface area contributed by atoms with Crippen LogP contribution in [0, 0.1) is 11.6 Å². The van der Waals surface area contributed by atoms with Crippen molar-refractivity contribution >= 4 is 28.4 Å². The summed E-state index contributed by atoms with van der Waals surface area (Å²) in [5.74, 6) is -0.730. The second kappa shape index (κ2) is 8.15. The van der Waals surface area contributed by atoms with Crippen LogP contribution in [0.1, 0.15) is 17.3 Å². The third-order valence-corrected chi connectivity index (χ3v) is 6.32. The molecule has 35 heavy (non-hydrogen) atoms. The molecule has 10 heteroatoms. The first-order valence-corrected chi connectivity index (χ1v) is 11.2. The minimum Gasteiger partial charge on any atom is -0.461 e. The molecule has 0 saturated carbocycles. The zero-order valence-corrected chi connectivity index (χ0v) is 18.7. The molecule has 1 aliphatic rings. The molecule has 8 nitrogen and oxygen atoms in total. The number of rotatable bonds is 3. The molecular formula is C25H20F2N6O2. The van der Waals surface area contributed by atoms with Gasteiger partial charge in [0.25, 0.3) is 5.91 Å². The third-order valence-electron chi connectivity index (χ3n) is 6.32. The molecule has 1 amide bonds. The van der Waals surface area contributed by atoms with Crippen molar-refractivity contribution in [2.75, 3.05) is 24.5 Å². The zero-order chi connectivity index (χ0) is 24.1. The van der Waals surface area contributed by atoms with E-state index in [1.165, 1.54) is 11.0 Å². The van der Waals surface area contributed by atoms with Gasteiger partial charge in [-0.25, -0.2) is 18.2 Å². The van der Waals surface area contributed by atoms with Crippen LogP contribution in [0.15, 0.2) is 65.3 Å². The van der Waals surface area contributed by atoms with Gasteiger partial charge in [0.1, 0.15) is 17.2 Å². The van der Waals surface area contributed by atoms with Crippen molar-refractivity contribution in [2.24, 2.45) is 0 Å². The first-order chi connectivity index (χ1) is 17.0. The van der Waals surface area contributed by atoms with E-state index < -0.39 is 23.1 Å². The number of hydrogen-bond acceptors (Lipinski definition) is 6. The summed E-state index contributed by atoms with van der Waals surface area (Å²) in [5, 5.41) is 9.63. The molecule has 0 spiro atoms. The van der Waals surface area contributed by atoms with E-state index in [4.69, 9.17) is 9.40 Å². The Morgan fingerprint density at radius 1 is 1.00 bits per heavy atom. The van der Waals surface area contributed by atoms with Gasteiger partial charge in [-0.3, -0.25) is 4.79 Å². The van der Waals surface area contributed by atoms with E-state index in [0.717, 1.165) is 23.0 Å². The Morgan fingerprint density at radius 2 is 1.80 bits per heavy atom. The summed E-state index contributed by atoms with van der Waals surface area (Å²) in [6.07, 6.45) is 1.57. The lowest BCUT2D eigenvalue weighted by Gasteiger charge is -2.40. The predicted molar refractivity (Wildman–Crippen MR) is 125 cm³/mol. The first kappa shape index (κ1) is 21.2. The average Bonchev–Trinajstić information content (AvgIpc) is 3.53. The molecule has 5 aromatic rings. The largest absolute Gasteiger partial charge is 0.461 e. The molecule has 0 N–H and O–H groups in total. The summed E-state index contributed by atoms with van der Waals surface area (Å²) < 4.78 is 36.0. The summed E-state index contributed by atoms with van der Waals surface area (Å²) in [6, 6.07) is 14.3. The standard InChI is InChI=1S/C25H20F2N6O2/c1-15-14-31(11-12-32(15)24(34)21-17(26)7-4-8-18(21)27)25-28-19-9-3-2-6-16(19)22-29-30-23(33(22)25)20-10-5-13-35-20/h2-10,13,15H,11-12,14H2,1H3/t15-/m1/s1. The lowest BCUT2D eigenvalue weighted by Crippen LogP contribution is -2.55. The van der Waals surface area contributed by atoms with Crippen molar-refractivity contribution in [3.8, 4) is 11.6 Å². The number of furan rings is 1. The van der Waals surface area contributed by atoms with E-state index in [1.54, 1.807) is 18.4 Å². The Bertz CT molecular complexity index is 1550. The first-order valence-electron chi connectivity index (χ1n) is 11.2. The maximum absolute atomic E-state index is 14.3. The number of amides is 1. The molecule has 0 unspecified atom stereocenters. The van der Waals surface area contributed by atoms with Crippen LogP contribution in [0.25, 0.3) is 28.1 Å². The minimum absolute atomic E-state index is 0.266. The van der Waals surface area contributed by atoms with Crippen LogP contribution in [0.3, 0.4) is 0 Å². The summed E-state index contributed by atoms with van der Waals surface area (Å²) >= 11 is 0. The molecule has 176 valence electrons. The fourth-order valence-electron chi connectivity index (χ4n) is 4.63. The van der Waals surface area contributed by atoms with E-state index >= 15 is 0 Å². The maximum Gasteiger partial charge on any atom is 0.260 e. The highest BCUT2D eigenvalue weighted by Gasteiger charge is 2.33. The van der Waals surface area contributed by atoms with Crippen molar-refractivity contribution in [3.63, 3.8) is 0 Å². The topological polar surface area (TPSA) is 79.8 Å². The Balaban J connectivity index is 1.40. The maximum atomic E-state index is 14.3. The van der Waals surface area contributed by atoms with Crippen LogP contribution in [-0.4, -0.2) is 56.1 Å². The number of piperazine rings is 1. The number of benzene rings is 2. The molecule has 4 heterocycles. The fraction of sp³-hybridized carbons (Fsp3) is 0.200. The molecule has 6 rings (SSSR count). The van der Waals surface area contributed by atoms with Gasteiger partial charge < -0.3 is 14.2 Å². The number of carbonyl (C=O) groups is 1. The van der Waals surface area contributed by atoms with Gasteiger partial charge >= 0.3 is 0 Å². The number of hydrogen-bond donors (Lipinski definition) is 0. The van der Waals surface area contributed by atoms with Crippen molar-refractivity contribution < 1.29 is 18.0 Å². The highest BCUT2D eigenvalue weighted by Crippen LogP contribution is 2.30. The Morgan fingerprint density at radius 3 is 2.54 bits per heavy atom. The smallest absolute Gasteiger partial charge is 0.260 e. The fourth-order valence-corrected chi connectivity index (χ4v) is 4.63. The molecule has 0 aliphatic carbocycles. The Hall–Kier alpha value is -4.34. The summed E-state index contributed by atoms with van der Waals surface area (Å²) in [4.78, 5) is 21.5. The van der Waals surface area contributed by atoms with Crippen molar-refractivity contribution in [3.05, 3.63) is 78.1 Å². The molecule has 2 aromatic carbocycles. The zero-order valence-electron chi connectivity index (χ0n) is 18.7.